The zero-order valence-corrected chi connectivity index (χ0v) is 9.94. The SMILES string of the molecule is Cc1ccc(-c2coc(C3CCCN3)n2)cc1. The lowest BCUT2D eigenvalue weighted by atomic mass is 10.1. The van der Waals surface area contributed by atoms with E-state index in [1.54, 1.807) is 6.26 Å². The first-order valence-electron chi connectivity index (χ1n) is 6.09. The number of rotatable bonds is 2. The molecule has 0 saturated carbocycles. The number of aromatic nitrogens is 1. The first-order valence-corrected chi connectivity index (χ1v) is 6.09. The average Bonchev–Trinajstić information content (AvgIpc) is 3.00. The third-order valence-corrected chi connectivity index (χ3v) is 3.23. The molecule has 1 aromatic carbocycles. The van der Waals surface area contributed by atoms with Crippen molar-refractivity contribution >= 4 is 0 Å². The van der Waals surface area contributed by atoms with E-state index in [-0.39, 0.29) is 0 Å². The van der Waals surface area contributed by atoms with E-state index in [0.717, 1.165) is 30.1 Å². The van der Waals surface area contributed by atoms with Gasteiger partial charge in [-0.25, -0.2) is 4.98 Å². The van der Waals surface area contributed by atoms with E-state index in [4.69, 9.17) is 4.42 Å². The maximum Gasteiger partial charge on any atom is 0.211 e. The molecule has 2 aromatic rings. The predicted molar refractivity (Wildman–Crippen MR) is 66.7 cm³/mol. The molecule has 0 aliphatic carbocycles. The molecule has 3 nitrogen and oxygen atoms in total. The fourth-order valence-corrected chi connectivity index (χ4v) is 2.20. The molecule has 0 radical (unpaired) electrons. The van der Waals surface area contributed by atoms with Gasteiger partial charge < -0.3 is 9.73 Å². The Hall–Kier alpha value is -1.61. The summed E-state index contributed by atoms with van der Waals surface area (Å²) in [6, 6.07) is 8.65. The van der Waals surface area contributed by atoms with Crippen LogP contribution < -0.4 is 5.32 Å². The first-order chi connectivity index (χ1) is 8.33. The minimum atomic E-state index is 0.300. The molecule has 3 rings (SSSR count). The molecule has 0 bridgehead atoms. The van der Waals surface area contributed by atoms with E-state index in [1.165, 1.54) is 12.0 Å². The van der Waals surface area contributed by atoms with Crippen molar-refractivity contribution in [1.82, 2.24) is 10.3 Å². The van der Waals surface area contributed by atoms with Crippen LogP contribution in [0.2, 0.25) is 0 Å². The molecular weight excluding hydrogens is 212 g/mol. The zero-order valence-electron chi connectivity index (χ0n) is 9.94. The Labute approximate surface area is 101 Å². The summed E-state index contributed by atoms with van der Waals surface area (Å²) < 4.78 is 5.56. The summed E-state index contributed by atoms with van der Waals surface area (Å²) in [6.45, 7) is 3.15. The topological polar surface area (TPSA) is 38.1 Å². The summed E-state index contributed by atoms with van der Waals surface area (Å²) in [5.74, 6) is 0.818. The van der Waals surface area contributed by atoms with Crippen molar-refractivity contribution in [3.05, 3.63) is 42.0 Å². The lowest BCUT2D eigenvalue weighted by molar-refractivity contribution is 0.429. The van der Waals surface area contributed by atoms with E-state index in [2.05, 4.69) is 41.5 Å². The lowest BCUT2D eigenvalue weighted by Gasteiger charge is -2.03. The van der Waals surface area contributed by atoms with Gasteiger partial charge in [-0.2, -0.15) is 0 Å². The van der Waals surface area contributed by atoms with Gasteiger partial charge in [0, 0.05) is 5.56 Å². The number of oxazole rings is 1. The van der Waals surface area contributed by atoms with Crippen LogP contribution in [-0.2, 0) is 0 Å². The summed E-state index contributed by atoms with van der Waals surface area (Å²) in [7, 11) is 0. The maximum atomic E-state index is 5.56. The van der Waals surface area contributed by atoms with Gasteiger partial charge in [-0.1, -0.05) is 29.8 Å². The molecule has 88 valence electrons. The van der Waals surface area contributed by atoms with Crippen molar-refractivity contribution in [3.63, 3.8) is 0 Å². The highest BCUT2D eigenvalue weighted by Crippen LogP contribution is 2.26. The van der Waals surface area contributed by atoms with Crippen molar-refractivity contribution in [2.45, 2.75) is 25.8 Å². The van der Waals surface area contributed by atoms with Gasteiger partial charge in [0.1, 0.15) is 12.0 Å². The quantitative estimate of drug-likeness (QED) is 0.858. The Balaban J connectivity index is 1.86. The molecule has 17 heavy (non-hydrogen) atoms. The molecule has 1 aliphatic rings. The number of nitrogens with one attached hydrogen (secondary N) is 1. The van der Waals surface area contributed by atoms with E-state index in [9.17, 15) is 0 Å². The standard InChI is InChI=1S/C14H16N2O/c1-10-4-6-11(7-5-10)13-9-17-14(16-13)12-3-2-8-15-12/h4-7,9,12,15H,2-3,8H2,1H3. The first kappa shape index (κ1) is 10.5. The summed E-state index contributed by atoms with van der Waals surface area (Å²) in [4.78, 5) is 4.56. The summed E-state index contributed by atoms with van der Waals surface area (Å²) in [5, 5.41) is 3.39. The number of hydrogen-bond donors (Lipinski definition) is 1. The predicted octanol–water partition coefficient (Wildman–Crippen LogP) is 3.07. The largest absolute Gasteiger partial charge is 0.447 e. The minimum Gasteiger partial charge on any atom is -0.447 e. The van der Waals surface area contributed by atoms with Crippen LogP contribution in [0.25, 0.3) is 11.3 Å². The summed E-state index contributed by atoms with van der Waals surface area (Å²) >= 11 is 0. The normalized spacial score (nSPS) is 19.7. The molecule has 0 amide bonds. The van der Waals surface area contributed by atoms with Crippen LogP contribution in [0.4, 0.5) is 0 Å². The Kier molecular flexibility index (Phi) is 2.69. The van der Waals surface area contributed by atoms with Gasteiger partial charge in [0.15, 0.2) is 0 Å². The maximum absolute atomic E-state index is 5.56. The highest BCUT2D eigenvalue weighted by atomic mass is 16.3. The van der Waals surface area contributed by atoms with Crippen LogP contribution in [0.3, 0.4) is 0 Å². The molecule has 1 aliphatic heterocycles. The van der Waals surface area contributed by atoms with Crippen LogP contribution in [-0.4, -0.2) is 11.5 Å². The van der Waals surface area contributed by atoms with Gasteiger partial charge >= 0.3 is 0 Å². The Morgan fingerprint density at radius 3 is 2.82 bits per heavy atom. The van der Waals surface area contributed by atoms with E-state index in [0.29, 0.717) is 6.04 Å². The monoisotopic (exact) mass is 228 g/mol. The van der Waals surface area contributed by atoms with Gasteiger partial charge in [-0.3, -0.25) is 0 Å². The highest BCUT2D eigenvalue weighted by molar-refractivity contribution is 5.58. The minimum absolute atomic E-state index is 0.300. The summed E-state index contributed by atoms with van der Waals surface area (Å²) in [6.07, 6.45) is 4.07. The lowest BCUT2D eigenvalue weighted by Crippen LogP contribution is -2.12. The van der Waals surface area contributed by atoms with Gasteiger partial charge in [0.05, 0.1) is 6.04 Å². The number of aryl methyl sites for hydroxylation is 1. The van der Waals surface area contributed by atoms with Crippen molar-refractivity contribution in [3.8, 4) is 11.3 Å². The van der Waals surface area contributed by atoms with Crippen LogP contribution in [0.1, 0.15) is 30.3 Å². The third kappa shape index (κ3) is 2.11. The molecule has 3 heteroatoms. The number of nitrogens with zero attached hydrogens (tertiary/aromatic N) is 1. The summed E-state index contributed by atoms with van der Waals surface area (Å²) in [5.41, 5.74) is 3.30. The molecule has 0 spiro atoms. The third-order valence-electron chi connectivity index (χ3n) is 3.23. The van der Waals surface area contributed by atoms with Crippen LogP contribution in [0, 0.1) is 6.92 Å². The zero-order chi connectivity index (χ0) is 11.7. The van der Waals surface area contributed by atoms with Crippen molar-refractivity contribution in [2.75, 3.05) is 6.54 Å². The van der Waals surface area contributed by atoms with Crippen LogP contribution in [0.5, 0.6) is 0 Å². The van der Waals surface area contributed by atoms with Crippen molar-refractivity contribution in [1.29, 1.82) is 0 Å². The van der Waals surface area contributed by atoms with E-state index in [1.807, 2.05) is 0 Å². The van der Waals surface area contributed by atoms with Crippen LogP contribution >= 0.6 is 0 Å². The molecule has 1 aromatic heterocycles. The fraction of sp³-hybridized carbons (Fsp3) is 0.357. The second-order valence-corrected chi connectivity index (χ2v) is 4.59. The van der Waals surface area contributed by atoms with Gasteiger partial charge in [0.25, 0.3) is 0 Å². The van der Waals surface area contributed by atoms with Gasteiger partial charge in [-0.05, 0) is 26.3 Å². The van der Waals surface area contributed by atoms with E-state index >= 15 is 0 Å². The molecule has 1 saturated heterocycles. The van der Waals surface area contributed by atoms with Crippen molar-refractivity contribution in [2.24, 2.45) is 0 Å². The molecule has 1 unspecified atom stereocenters. The molecule has 1 N–H and O–H groups in total. The highest BCUT2D eigenvalue weighted by Gasteiger charge is 2.21. The number of benzene rings is 1. The van der Waals surface area contributed by atoms with E-state index < -0.39 is 0 Å². The van der Waals surface area contributed by atoms with Gasteiger partial charge in [-0.15, -0.1) is 0 Å². The van der Waals surface area contributed by atoms with Crippen LogP contribution in [0.15, 0.2) is 34.9 Å². The van der Waals surface area contributed by atoms with Crippen molar-refractivity contribution < 1.29 is 4.42 Å². The Bertz CT molecular complexity index is 495. The smallest absolute Gasteiger partial charge is 0.211 e. The molecule has 1 atom stereocenters. The fourth-order valence-electron chi connectivity index (χ4n) is 2.20. The number of hydrogen-bond acceptors (Lipinski definition) is 3. The molecule has 1 fully saturated rings. The van der Waals surface area contributed by atoms with Gasteiger partial charge in [0.2, 0.25) is 5.89 Å². The average molecular weight is 228 g/mol. The Morgan fingerprint density at radius 1 is 1.29 bits per heavy atom. The second kappa shape index (κ2) is 4.34. The molecule has 2 heterocycles. The Morgan fingerprint density at radius 2 is 2.12 bits per heavy atom. The second-order valence-electron chi connectivity index (χ2n) is 4.59. The molecular formula is C14H16N2O.